The van der Waals surface area contributed by atoms with Gasteiger partial charge < -0.3 is 15.4 Å². The summed E-state index contributed by atoms with van der Waals surface area (Å²) in [5.41, 5.74) is 1.31. The number of benzene rings is 2. The number of nitrogens with zero attached hydrogens (tertiary/aromatic N) is 3. The van der Waals surface area contributed by atoms with E-state index in [1.807, 2.05) is 58.0 Å². The highest BCUT2D eigenvalue weighted by Crippen LogP contribution is 2.43. The second-order valence-corrected chi connectivity index (χ2v) is 11.5. The average molecular weight is 500 g/mol. The van der Waals surface area contributed by atoms with Gasteiger partial charge in [0.25, 0.3) is 0 Å². The van der Waals surface area contributed by atoms with Gasteiger partial charge in [0.05, 0.1) is 29.6 Å². The summed E-state index contributed by atoms with van der Waals surface area (Å²) in [7, 11) is 0. The van der Waals surface area contributed by atoms with E-state index in [9.17, 15) is 14.9 Å². The van der Waals surface area contributed by atoms with Crippen LogP contribution in [-0.2, 0) is 9.59 Å². The predicted octanol–water partition coefficient (Wildman–Crippen LogP) is 4.39. The molecule has 1 aliphatic carbocycles. The van der Waals surface area contributed by atoms with Crippen molar-refractivity contribution >= 4 is 23.5 Å². The number of nitriles is 1. The number of fused-ring (bicyclic) bond motifs is 1. The number of anilines is 1. The fourth-order valence-corrected chi connectivity index (χ4v) is 5.26. The molecule has 8 heteroatoms. The van der Waals surface area contributed by atoms with Crippen LogP contribution in [0.5, 0.6) is 5.75 Å². The fourth-order valence-electron chi connectivity index (χ4n) is 5.26. The molecule has 2 aromatic rings. The van der Waals surface area contributed by atoms with Gasteiger partial charge in [-0.15, -0.1) is 0 Å². The number of rotatable bonds is 5. The molecule has 192 valence electrons. The normalized spacial score (nSPS) is 25.2. The zero-order chi connectivity index (χ0) is 26.4. The lowest BCUT2D eigenvalue weighted by Crippen LogP contribution is -2.50. The van der Waals surface area contributed by atoms with Crippen LogP contribution in [0.4, 0.5) is 5.69 Å². The average Bonchev–Trinajstić information content (AvgIpc) is 3.60. The first-order valence-electron chi connectivity index (χ1n) is 12.8. The van der Waals surface area contributed by atoms with Gasteiger partial charge in [0.15, 0.2) is 0 Å². The molecule has 0 aromatic heterocycles. The molecule has 0 bridgehead atoms. The standard InChI is InChI=1S/C29H33N5O3/c1-28(2)15-25(35)34(27(33-28)31-20-9-7-8-18(12-20)16-30)17-19-13-22(19)26(36)32-23-14-29(3,4)37-24-11-6-5-10-21(23)24/h5-12,19,22-23H,13-15,17H2,1-4H3,(H,31,33)(H,32,36)/t19?,22?,23-/m0/s1. The van der Waals surface area contributed by atoms with Gasteiger partial charge in [0, 0.05) is 30.1 Å². The highest BCUT2D eigenvalue weighted by atomic mass is 16.5. The van der Waals surface area contributed by atoms with Crippen LogP contribution >= 0.6 is 0 Å². The molecule has 1 fully saturated rings. The number of guanidine groups is 1. The summed E-state index contributed by atoms with van der Waals surface area (Å²) in [6, 6.07) is 17.0. The quantitative estimate of drug-likeness (QED) is 0.635. The van der Waals surface area contributed by atoms with E-state index in [2.05, 4.69) is 16.7 Å². The number of carbonyl (C=O) groups is 2. The first kappa shape index (κ1) is 24.8. The topological polar surface area (TPSA) is 107 Å². The van der Waals surface area contributed by atoms with Gasteiger partial charge in [-0.2, -0.15) is 5.26 Å². The molecule has 2 N–H and O–H groups in total. The van der Waals surface area contributed by atoms with E-state index in [-0.39, 0.29) is 35.3 Å². The van der Waals surface area contributed by atoms with E-state index in [1.54, 1.807) is 23.1 Å². The van der Waals surface area contributed by atoms with Gasteiger partial charge in [-0.05, 0) is 64.3 Å². The van der Waals surface area contributed by atoms with Crippen molar-refractivity contribution < 1.29 is 14.3 Å². The lowest BCUT2D eigenvalue weighted by molar-refractivity contribution is -0.130. The lowest BCUT2D eigenvalue weighted by Gasteiger charge is -2.38. The predicted molar refractivity (Wildman–Crippen MR) is 141 cm³/mol. The van der Waals surface area contributed by atoms with E-state index >= 15 is 0 Å². The molecular formula is C29H33N5O3. The Hall–Kier alpha value is -3.86. The molecule has 2 amide bonds. The fraction of sp³-hybridized carbons (Fsp3) is 0.448. The number of ether oxygens (including phenoxy) is 1. The van der Waals surface area contributed by atoms with Crippen LogP contribution in [0, 0.1) is 23.2 Å². The lowest BCUT2D eigenvalue weighted by atomic mass is 9.89. The monoisotopic (exact) mass is 499 g/mol. The third-order valence-electron chi connectivity index (χ3n) is 7.17. The van der Waals surface area contributed by atoms with Crippen LogP contribution < -0.4 is 15.4 Å². The Bertz CT molecular complexity index is 1310. The second kappa shape index (κ2) is 9.22. The van der Waals surface area contributed by atoms with Crippen LogP contribution in [0.3, 0.4) is 0 Å². The molecule has 0 spiro atoms. The third kappa shape index (κ3) is 5.46. The molecule has 0 saturated heterocycles. The number of para-hydroxylation sites is 1. The Balaban J connectivity index is 1.27. The SMILES string of the molecule is CC1(C)CC(=O)N(CC2CC2C(=O)N[C@H]2CC(C)(C)Oc3ccccc32)C(Nc2cccc(C#N)c2)=N1. The van der Waals surface area contributed by atoms with Crippen LogP contribution in [0.1, 0.15) is 64.1 Å². The Morgan fingerprint density at radius 2 is 1.97 bits per heavy atom. The number of hydrogen-bond donors (Lipinski definition) is 2. The highest BCUT2D eigenvalue weighted by molar-refractivity contribution is 6.06. The first-order valence-corrected chi connectivity index (χ1v) is 12.8. The largest absolute Gasteiger partial charge is 0.487 e. The van der Waals surface area contributed by atoms with Gasteiger partial charge >= 0.3 is 0 Å². The van der Waals surface area contributed by atoms with Crippen molar-refractivity contribution in [2.45, 2.75) is 64.1 Å². The number of hydrogen-bond acceptors (Lipinski definition) is 6. The van der Waals surface area contributed by atoms with Crippen molar-refractivity contribution in [3.63, 3.8) is 0 Å². The maximum Gasteiger partial charge on any atom is 0.231 e. The Morgan fingerprint density at radius 1 is 1.19 bits per heavy atom. The third-order valence-corrected chi connectivity index (χ3v) is 7.17. The van der Waals surface area contributed by atoms with Crippen LogP contribution in [-0.4, -0.2) is 40.4 Å². The molecule has 37 heavy (non-hydrogen) atoms. The molecule has 0 radical (unpaired) electrons. The summed E-state index contributed by atoms with van der Waals surface area (Å²) in [5, 5.41) is 15.7. The molecule has 2 aromatic carbocycles. The first-order chi connectivity index (χ1) is 17.5. The zero-order valence-electron chi connectivity index (χ0n) is 21.7. The molecule has 2 heterocycles. The van der Waals surface area contributed by atoms with Crippen molar-refractivity contribution in [3.05, 3.63) is 59.7 Å². The number of amides is 2. The van der Waals surface area contributed by atoms with Crippen LogP contribution in [0.2, 0.25) is 0 Å². The minimum atomic E-state index is -0.535. The molecular weight excluding hydrogens is 466 g/mol. The molecule has 5 rings (SSSR count). The summed E-state index contributed by atoms with van der Waals surface area (Å²) in [6.07, 6.45) is 1.72. The summed E-state index contributed by atoms with van der Waals surface area (Å²) in [6.45, 7) is 8.34. The molecule has 8 nitrogen and oxygen atoms in total. The summed E-state index contributed by atoms with van der Waals surface area (Å²) in [5.74, 6) is 1.17. The van der Waals surface area contributed by atoms with Gasteiger partial charge in [-0.3, -0.25) is 14.5 Å². The molecule has 3 aliphatic rings. The second-order valence-electron chi connectivity index (χ2n) is 11.5. The molecule has 1 saturated carbocycles. The van der Waals surface area contributed by atoms with E-state index in [0.29, 0.717) is 36.6 Å². The minimum absolute atomic E-state index is 0.0143. The maximum absolute atomic E-state index is 13.2. The summed E-state index contributed by atoms with van der Waals surface area (Å²) >= 11 is 0. The van der Waals surface area contributed by atoms with Crippen molar-refractivity contribution in [1.82, 2.24) is 10.2 Å². The van der Waals surface area contributed by atoms with Crippen molar-refractivity contribution in [1.29, 1.82) is 5.26 Å². The molecule has 2 aliphatic heterocycles. The van der Waals surface area contributed by atoms with Gasteiger partial charge in [-0.1, -0.05) is 24.3 Å². The van der Waals surface area contributed by atoms with Gasteiger partial charge in [-0.25, -0.2) is 4.99 Å². The van der Waals surface area contributed by atoms with Crippen LogP contribution in [0.25, 0.3) is 0 Å². The molecule has 3 atom stereocenters. The van der Waals surface area contributed by atoms with E-state index in [1.165, 1.54) is 0 Å². The van der Waals surface area contributed by atoms with E-state index in [0.717, 1.165) is 17.7 Å². The van der Waals surface area contributed by atoms with Gasteiger partial charge in [0.1, 0.15) is 11.4 Å². The van der Waals surface area contributed by atoms with Gasteiger partial charge in [0.2, 0.25) is 17.8 Å². The Morgan fingerprint density at radius 3 is 2.76 bits per heavy atom. The number of carbonyl (C=O) groups excluding carboxylic acids is 2. The smallest absolute Gasteiger partial charge is 0.231 e. The number of aliphatic imine (C=N–C) groups is 1. The maximum atomic E-state index is 13.2. The van der Waals surface area contributed by atoms with E-state index < -0.39 is 5.54 Å². The van der Waals surface area contributed by atoms with Crippen LogP contribution in [0.15, 0.2) is 53.5 Å². The summed E-state index contributed by atoms with van der Waals surface area (Å²) < 4.78 is 6.10. The minimum Gasteiger partial charge on any atom is -0.487 e. The number of nitrogens with one attached hydrogen (secondary N) is 2. The van der Waals surface area contributed by atoms with Crippen molar-refractivity contribution in [2.24, 2.45) is 16.8 Å². The Labute approximate surface area is 217 Å². The van der Waals surface area contributed by atoms with E-state index in [4.69, 9.17) is 9.73 Å². The zero-order valence-corrected chi connectivity index (χ0v) is 21.7. The molecule has 2 unspecified atom stereocenters. The highest BCUT2D eigenvalue weighted by Gasteiger charge is 2.47. The van der Waals surface area contributed by atoms with Crippen molar-refractivity contribution in [3.8, 4) is 11.8 Å². The Kier molecular flexibility index (Phi) is 6.18. The van der Waals surface area contributed by atoms with Crippen molar-refractivity contribution in [2.75, 3.05) is 11.9 Å². The summed E-state index contributed by atoms with van der Waals surface area (Å²) in [4.78, 5) is 32.8.